The number of benzene rings is 1. The molecule has 1 N–H and O–H groups in total. The molecule has 0 amide bonds. The average molecular weight is 342 g/mol. The van der Waals surface area contributed by atoms with E-state index in [-0.39, 0.29) is 15.3 Å². The zero-order chi connectivity index (χ0) is 16.1. The largest absolute Gasteiger partial charge is 0.505 e. The standard InChI is InChI=1S/C15H16ClNO4S/c1-15(5-6-15)14-10(8-17-21-14)7-9-3-4-11(16)12(18)13(9)22(2,19)20/h3-4,8,18H,5-7H2,1-2H3. The van der Waals surface area contributed by atoms with Gasteiger partial charge in [0.2, 0.25) is 0 Å². The summed E-state index contributed by atoms with van der Waals surface area (Å²) in [5.41, 5.74) is 1.32. The van der Waals surface area contributed by atoms with E-state index in [0.29, 0.717) is 12.0 Å². The van der Waals surface area contributed by atoms with Crippen LogP contribution in [0.4, 0.5) is 0 Å². The van der Waals surface area contributed by atoms with Crippen molar-refractivity contribution in [3.8, 4) is 5.75 Å². The smallest absolute Gasteiger partial charge is 0.179 e. The molecule has 1 aromatic heterocycles. The van der Waals surface area contributed by atoms with Crippen molar-refractivity contribution in [3.05, 3.63) is 40.2 Å². The maximum atomic E-state index is 12.0. The van der Waals surface area contributed by atoms with Crippen LogP contribution >= 0.6 is 11.6 Å². The molecule has 0 radical (unpaired) electrons. The molecule has 7 heteroatoms. The summed E-state index contributed by atoms with van der Waals surface area (Å²) in [7, 11) is -3.61. The summed E-state index contributed by atoms with van der Waals surface area (Å²) in [4.78, 5) is -0.131. The van der Waals surface area contributed by atoms with Crippen LogP contribution in [0.25, 0.3) is 0 Å². The van der Waals surface area contributed by atoms with Gasteiger partial charge in [0.25, 0.3) is 0 Å². The Balaban J connectivity index is 2.08. The summed E-state index contributed by atoms with van der Waals surface area (Å²) in [5, 5.41) is 13.9. The molecule has 0 unspecified atom stereocenters. The number of sulfone groups is 1. The number of aromatic hydroxyl groups is 1. The van der Waals surface area contributed by atoms with Crippen molar-refractivity contribution in [2.24, 2.45) is 0 Å². The van der Waals surface area contributed by atoms with Crippen molar-refractivity contribution >= 4 is 21.4 Å². The van der Waals surface area contributed by atoms with Crippen LogP contribution in [0.5, 0.6) is 5.75 Å². The van der Waals surface area contributed by atoms with Crippen LogP contribution in [-0.4, -0.2) is 24.9 Å². The first-order chi connectivity index (χ1) is 10.2. The summed E-state index contributed by atoms with van der Waals surface area (Å²) in [6.07, 6.45) is 5.04. The van der Waals surface area contributed by atoms with Crippen LogP contribution in [0.2, 0.25) is 5.02 Å². The number of nitrogens with zero attached hydrogens (tertiary/aromatic N) is 1. The van der Waals surface area contributed by atoms with E-state index < -0.39 is 15.6 Å². The summed E-state index contributed by atoms with van der Waals surface area (Å²) in [6.45, 7) is 2.09. The second-order valence-electron chi connectivity index (χ2n) is 6.07. The van der Waals surface area contributed by atoms with Crippen LogP contribution in [-0.2, 0) is 21.7 Å². The van der Waals surface area contributed by atoms with E-state index >= 15 is 0 Å². The second-order valence-corrected chi connectivity index (χ2v) is 8.43. The monoisotopic (exact) mass is 341 g/mol. The predicted molar refractivity (Wildman–Crippen MR) is 82.1 cm³/mol. The summed E-state index contributed by atoms with van der Waals surface area (Å²) in [6, 6.07) is 3.11. The SMILES string of the molecule is CC1(c2oncc2Cc2ccc(Cl)c(O)c2S(C)(=O)=O)CC1. The molecule has 3 rings (SSSR count). The zero-order valence-corrected chi connectivity index (χ0v) is 13.8. The lowest BCUT2D eigenvalue weighted by Crippen LogP contribution is -2.07. The molecule has 0 bridgehead atoms. The van der Waals surface area contributed by atoms with Crippen molar-refractivity contribution in [2.75, 3.05) is 6.26 Å². The number of phenols is 1. The van der Waals surface area contributed by atoms with Crippen LogP contribution in [0, 0.1) is 0 Å². The highest BCUT2D eigenvalue weighted by molar-refractivity contribution is 7.90. The minimum absolute atomic E-state index is 0.00838. The molecule has 22 heavy (non-hydrogen) atoms. The van der Waals surface area contributed by atoms with E-state index in [4.69, 9.17) is 16.1 Å². The molecule has 0 aliphatic heterocycles. The molecule has 1 aromatic carbocycles. The fourth-order valence-corrected chi connectivity index (χ4v) is 3.94. The van der Waals surface area contributed by atoms with Gasteiger partial charge in [-0.25, -0.2) is 8.42 Å². The molecule has 2 aromatic rings. The van der Waals surface area contributed by atoms with Crippen molar-refractivity contribution in [1.82, 2.24) is 5.16 Å². The third-order valence-electron chi connectivity index (χ3n) is 4.11. The number of halogens is 1. The first-order valence-electron chi connectivity index (χ1n) is 6.87. The third kappa shape index (κ3) is 2.61. The van der Waals surface area contributed by atoms with E-state index in [1.54, 1.807) is 12.3 Å². The molecule has 0 atom stereocenters. The zero-order valence-electron chi connectivity index (χ0n) is 12.3. The molecular formula is C15H16ClNO4S. The van der Waals surface area contributed by atoms with Crippen LogP contribution in [0.1, 0.15) is 36.7 Å². The lowest BCUT2D eigenvalue weighted by molar-refractivity contribution is 0.358. The van der Waals surface area contributed by atoms with E-state index in [2.05, 4.69) is 12.1 Å². The number of phenolic OH excluding ortho intramolecular Hbond substituents is 1. The molecular weight excluding hydrogens is 326 g/mol. The van der Waals surface area contributed by atoms with Gasteiger partial charge in [-0.15, -0.1) is 0 Å². The first-order valence-corrected chi connectivity index (χ1v) is 9.14. The molecule has 5 nitrogen and oxygen atoms in total. The molecule has 1 aliphatic rings. The van der Waals surface area contributed by atoms with E-state index in [9.17, 15) is 13.5 Å². The Kier molecular flexibility index (Phi) is 3.49. The summed E-state index contributed by atoms with van der Waals surface area (Å²) in [5.74, 6) is 0.388. The van der Waals surface area contributed by atoms with E-state index in [0.717, 1.165) is 30.4 Å². The lowest BCUT2D eigenvalue weighted by atomic mass is 9.98. The molecule has 118 valence electrons. The number of rotatable bonds is 4. The summed E-state index contributed by atoms with van der Waals surface area (Å²) >= 11 is 5.84. The molecule has 1 fully saturated rings. The Morgan fingerprint density at radius 1 is 1.36 bits per heavy atom. The van der Waals surface area contributed by atoms with Gasteiger partial charge in [-0.05, 0) is 24.5 Å². The van der Waals surface area contributed by atoms with Gasteiger partial charge in [-0.3, -0.25) is 0 Å². The van der Waals surface area contributed by atoms with Gasteiger partial charge in [0.1, 0.15) is 10.7 Å². The average Bonchev–Trinajstić information content (AvgIpc) is 2.98. The normalized spacial score (nSPS) is 16.7. The van der Waals surface area contributed by atoms with Crippen LogP contribution < -0.4 is 0 Å². The van der Waals surface area contributed by atoms with Crippen molar-refractivity contribution in [2.45, 2.75) is 36.5 Å². The van der Waals surface area contributed by atoms with Crippen molar-refractivity contribution in [1.29, 1.82) is 0 Å². The van der Waals surface area contributed by atoms with Gasteiger partial charge in [0.05, 0.1) is 11.2 Å². The Morgan fingerprint density at radius 2 is 2.05 bits per heavy atom. The van der Waals surface area contributed by atoms with E-state index in [1.165, 1.54) is 6.07 Å². The van der Waals surface area contributed by atoms with Crippen LogP contribution in [0.15, 0.2) is 27.7 Å². The fraction of sp³-hybridized carbons (Fsp3) is 0.400. The Bertz CT molecular complexity index is 837. The topological polar surface area (TPSA) is 80.4 Å². The second kappa shape index (κ2) is 4.99. The third-order valence-corrected chi connectivity index (χ3v) is 5.61. The van der Waals surface area contributed by atoms with Gasteiger partial charge in [0, 0.05) is 23.7 Å². The Labute approximate surface area is 133 Å². The van der Waals surface area contributed by atoms with Gasteiger partial charge in [-0.1, -0.05) is 29.7 Å². The highest BCUT2D eigenvalue weighted by atomic mass is 35.5. The van der Waals surface area contributed by atoms with Gasteiger partial charge < -0.3 is 9.63 Å². The molecule has 1 saturated carbocycles. The lowest BCUT2D eigenvalue weighted by Gasteiger charge is -2.12. The molecule has 1 heterocycles. The van der Waals surface area contributed by atoms with Crippen LogP contribution in [0.3, 0.4) is 0 Å². The van der Waals surface area contributed by atoms with E-state index in [1.807, 2.05) is 0 Å². The predicted octanol–water partition coefficient (Wildman–Crippen LogP) is 3.08. The summed E-state index contributed by atoms with van der Waals surface area (Å²) < 4.78 is 29.3. The first kappa shape index (κ1) is 15.4. The molecule has 0 saturated heterocycles. The minimum atomic E-state index is -3.61. The highest BCUT2D eigenvalue weighted by Crippen LogP contribution is 2.49. The molecule has 0 spiro atoms. The maximum Gasteiger partial charge on any atom is 0.179 e. The Morgan fingerprint density at radius 3 is 2.64 bits per heavy atom. The maximum absolute atomic E-state index is 12.0. The van der Waals surface area contributed by atoms with Crippen molar-refractivity contribution < 1.29 is 18.0 Å². The van der Waals surface area contributed by atoms with Gasteiger partial charge >= 0.3 is 0 Å². The van der Waals surface area contributed by atoms with Gasteiger partial charge in [0.15, 0.2) is 15.6 Å². The van der Waals surface area contributed by atoms with Crippen molar-refractivity contribution in [3.63, 3.8) is 0 Å². The quantitative estimate of drug-likeness (QED) is 0.924. The highest BCUT2D eigenvalue weighted by Gasteiger charge is 2.44. The Hall–Kier alpha value is -1.53. The number of hydrogen-bond acceptors (Lipinski definition) is 5. The number of hydrogen-bond donors (Lipinski definition) is 1. The number of aromatic nitrogens is 1. The van der Waals surface area contributed by atoms with Gasteiger partial charge in [-0.2, -0.15) is 0 Å². The minimum Gasteiger partial charge on any atom is -0.505 e. The molecule has 1 aliphatic carbocycles. The fourth-order valence-electron chi connectivity index (χ4n) is 2.65.